The second-order valence-corrected chi connectivity index (χ2v) is 27.5. The molecule has 0 aliphatic rings. The Morgan fingerprint density at radius 3 is 1.36 bits per heavy atom. The molecule has 0 aliphatic heterocycles. The number of rotatable bonds is 37. The number of hydrogen-bond donors (Lipinski definition) is 7. The van der Waals surface area contributed by atoms with Crippen LogP contribution in [0.3, 0.4) is 0 Å². The van der Waals surface area contributed by atoms with Crippen molar-refractivity contribution in [3.63, 3.8) is 0 Å². The van der Waals surface area contributed by atoms with Crippen LogP contribution >= 0.6 is 15.9 Å². The van der Waals surface area contributed by atoms with Crippen molar-refractivity contribution in [3.8, 4) is 0 Å². The van der Waals surface area contributed by atoms with Crippen molar-refractivity contribution in [1.82, 2.24) is 37.2 Å². The fourth-order valence-electron chi connectivity index (χ4n) is 8.21. The molecule has 1 rings (SSSR count). The summed E-state index contributed by atoms with van der Waals surface area (Å²) in [6.07, 6.45) is 5.52. The fourth-order valence-corrected chi connectivity index (χ4v) is 8.47. The van der Waals surface area contributed by atoms with Crippen molar-refractivity contribution in [2.45, 2.75) is 278 Å². The molecule has 7 N–H and O–H groups in total. The lowest BCUT2D eigenvalue weighted by atomic mass is 10.0. The lowest BCUT2D eigenvalue weighted by molar-refractivity contribution is -0.163. The standard InChI is InChI=1S/C63H104BrN7O16/c1-59(2,3)83-51(75)38-36-47(55(79)85-61(7,8)9)71-57(81)70-46(54(78)84-60(4,5)6)35-37-49(73)66-39-22-18-16-17-19-29-50(74)68-45(28-21-24-41-67-58(82)87-63(13,14)15)53(77)69-44(52(76)56(80)86-62(10,11)12)27-20-23-40-65-48(72)30-25-26-42-31-33-43(64)34-32-42/h31-34,44-47H,16-30,35-41H2,1-15H3,(H,65,72)(H,66,73)(H,67,82)(H,68,74)(H,69,77)(H2,70,71,81)/t44-,45-,46-,47-/m0/s1. The Bertz CT molecular complexity index is 2380. The van der Waals surface area contributed by atoms with Crippen LogP contribution in [-0.4, -0.2) is 137 Å². The Kier molecular flexibility index (Phi) is 35.1. The third-order valence-corrected chi connectivity index (χ3v) is 12.6. The highest BCUT2D eigenvalue weighted by atomic mass is 79.9. The van der Waals surface area contributed by atoms with Gasteiger partial charge in [-0.15, -0.1) is 0 Å². The molecular weight excluding hydrogens is 1190 g/mol. The van der Waals surface area contributed by atoms with E-state index in [4.69, 9.17) is 23.7 Å². The summed E-state index contributed by atoms with van der Waals surface area (Å²) in [6.45, 7) is 26.0. The molecule has 0 spiro atoms. The first kappa shape index (κ1) is 78.7. The predicted octanol–water partition coefficient (Wildman–Crippen LogP) is 8.71. The second kappa shape index (κ2) is 38.8. The summed E-state index contributed by atoms with van der Waals surface area (Å²) in [5, 5.41) is 18.9. The highest BCUT2D eigenvalue weighted by molar-refractivity contribution is 9.10. The van der Waals surface area contributed by atoms with E-state index in [2.05, 4.69) is 53.1 Å². The van der Waals surface area contributed by atoms with Gasteiger partial charge in [0.15, 0.2) is 0 Å². The van der Waals surface area contributed by atoms with Crippen LogP contribution in [0.25, 0.3) is 0 Å². The highest BCUT2D eigenvalue weighted by Gasteiger charge is 2.34. The monoisotopic (exact) mass is 1290 g/mol. The molecule has 0 heterocycles. The first-order valence-corrected chi connectivity index (χ1v) is 31.4. The van der Waals surface area contributed by atoms with Crippen molar-refractivity contribution in [1.29, 1.82) is 0 Å². The Labute approximate surface area is 524 Å². The number of ketones is 1. The average Bonchev–Trinajstić information content (AvgIpc) is 3.43. The van der Waals surface area contributed by atoms with Crippen molar-refractivity contribution in [2.75, 3.05) is 19.6 Å². The molecule has 4 atom stereocenters. The highest BCUT2D eigenvalue weighted by Crippen LogP contribution is 2.18. The molecule has 494 valence electrons. The average molecular weight is 1300 g/mol. The molecule has 23 nitrogen and oxygen atoms in total. The molecule has 0 saturated heterocycles. The summed E-state index contributed by atoms with van der Waals surface area (Å²) in [5.41, 5.74) is -3.18. The molecule has 0 aromatic heterocycles. The number of carbonyl (C=O) groups is 11. The van der Waals surface area contributed by atoms with Crippen molar-refractivity contribution >= 4 is 81.3 Å². The number of aryl methyl sites for hydroxylation is 1. The Balaban J connectivity index is 2.91. The van der Waals surface area contributed by atoms with E-state index in [1.807, 2.05) is 24.3 Å². The summed E-state index contributed by atoms with van der Waals surface area (Å²) in [7, 11) is 0. The van der Waals surface area contributed by atoms with Gasteiger partial charge in [0.2, 0.25) is 23.6 Å². The molecule has 0 saturated carbocycles. The van der Waals surface area contributed by atoms with Gasteiger partial charge in [0.1, 0.15) is 46.1 Å². The van der Waals surface area contributed by atoms with Gasteiger partial charge in [0.25, 0.3) is 5.78 Å². The third kappa shape index (κ3) is 41.5. The van der Waals surface area contributed by atoms with E-state index in [0.29, 0.717) is 83.7 Å². The van der Waals surface area contributed by atoms with E-state index in [9.17, 15) is 52.7 Å². The van der Waals surface area contributed by atoms with Crippen LogP contribution in [-0.2, 0) is 73.3 Å². The topological polar surface area (TPSA) is 318 Å². The molecule has 7 amide bonds. The van der Waals surface area contributed by atoms with Gasteiger partial charge < -0.3 is 60.9 Å². The first-order chi connectivity index (χ1) is 40.2. The Morgan fingerprint density at radius 1 is 0.402 bits per heavy atom. The number of urea groups is 1. The van der Waals surface area contributed by atoms with Gasteiger partial charge in [-0.1, -0.05) is 47.3 Å². The van der Waals surface area contributed by atoms with Gasteiger partial charge in [-0.25, -0.2) is 24.0 Å². The Hall–Kier alpha value is -6.33. The maximum atomic E-state index is 14.0. The van der Waals surface area contributed by atoms with Crippen molar-refractivity contribution < 1.29 is 76.4 Å². The largest absolute Gasteiger partial charge is 0.460 e. The zero-order chi connectivity index (χ0) is 66.2. The van der Waals surface area contributed by atoms with Gasteiger partial charge in [0, 0.05) is 49.8 Å². The first-order valence-electron chi connectivity index (χ1n) is 30.6. The van der Waals surface area contributed by atoms with Crippen LogP contribution in [0.15, 0.2) is 28.7 Å². The number of benzene rings is 1. The number of alkyl carbamates (subject to hydrolysis) is 1. The lowest BCUT2D eigenvalue weighted by Crippen LogP contribution is -2.53. The number of ether oxygens (including phenoxy) is 5. The van der Waals surface area contributed by atoms with E-state index in [0.717, 1.165) is 16.5 Å². The van der Waals surface area contributed by atoms with Crippen LogP contribution < -0.4 is 37.2 Å². The van der Waals surface area contributed by atoms with Crippen LogP contribution in [0.4, 0.5) is 9.59 Å². The van der Waals surface area contributed by atoms with Crippen molar-refractivity contribution in [2.24, 2.45) is 0 Å². The Morgan fingerprint density at radius 2 is 0.839 bits per heavy atom. The number of esters is 4. The number of amides is 7. The maximum absolute atomic E-state index is 14.0. The van der Waals surface area contributed by atoms with Gasteiger partial charge in [0.05, 0.1) is 6.04 Å². The van der Waals surface area contributed by atoms with Crippen LogP contribution in [0.2, 0.25) is 0 Å². The summed E-state index contributed by atoms with van der Waals surface area (Å²) in [6, 6.07) is 2.04. The van der Waals surface area contributed by atoms with E-state index in [1.54, 1.807) is 104 Å². The van der Waals surface area contributed by atoms with Gasteiger partial charge in [-0.3, -0.25) is 28.8 Å². The molecule has 0 unspecified atom stereocenters. The van der Waals surface area contributed by atoms with E-state index >= 15 is 0 Å². The number of halogens is 1. The molecule has 0 aliphatic carbocycles. The summed E-state index contributed by atoms with van der Waals surface area (Å²) in [4.78, 5) is 144. The van der Waals surface area contributed by atoms with Crippen molar-refractivity contribution in [3.05, 3.63) is 34.3 Å². The fraction of sp³-hybridized carbons (Fsp3) is 0.730. The lowest BCUT2D eigenvalue weighted by Gasteiger charge is -2.27. The minimum atomic E-state index is -1.28. The van der Waals surface area contributed by atoms with E-state index in [1.165, 1.54) is 0 Å². The molecular formula is C63H104BrN7O16. The van der Waals surface area contributed by atoms with Crippen LogP contribution in [0, 0.1) is 0 Å². The van der Waals surface area contributed by atoms with Gasteiger partial charge in [-0.2, -0.15) is 0 Å². The minimum absolute atomic E-state index is 0.0572. The smallest absolute Gasteiger partial charge is 0.407 e. The van der Waals surface area contributed by atoms with E-state index < -0.39 is 106 Å². The number of nitrogens with one attached hydrogen (secondary N) is 7. The second-order valence-electron chi connectivity index (χ2n) is 26.6. The van der Waals surface area contributed by atoms with Gasteiger partial charge >= 0.3 is 36.0 Å². The number of unbranched alkanes of at least 4 members (excludes halogenated alkanes) is 6. The quantitative estimate of drug-likeness (QED) is 0.0142. The number of Topliss-reactive ketones (excluding diaryl/α,β-unsaturated/α-hetero) is 1. The molecule has 1 aromatic carbocycles. The predicted molar refractivity (Wildman–Crippen MR) is 333 cm³/mol. The van der Waals surface area contributed by atoms with Gasteiger partial charge in [-0.05, 0) is 199 Å². The molecule has 0 radical (unpaired) electrons. The third-order valence-electron chi connectivity index (χ3n) is 12.1. The minimum Gasteiger partial charge on any atom is -0.460 e. The van der Waals surface area contributed by atoms with Crippen LogP contribution in [0.5, 0.6) is 0 Å². The van der Waals surface area contributed by atoms with E-state index in [-0.39, 0.29) is 63.3 Å². The zero-order valence-electron chi connectivity index (χ0n) is 54.6. The molecule has 87 heavy (non-hydrogen) atoms. The zero-order valence-corrected chi connectivity index (χ0v) is 56.2. The summed E-state index contributed by atoms with van der Waals surface area (Å²) >= 11 is 3.42. The maximum Gasteiger partial charge on any atom is 0.407 e. The summed E-state index contributed by atoms with van der Waals surface area (Å²) < 4.78 is 28.0. The molecule has 0 bridgehead atoms. The normalized spacial score (nSPS) is 13.2. The molecule has 1 aromatic rings. The van der Waals surface area contributed by atoms with Crippen LogP contribution in [0.1, 0.15) is 225 Å². The number of carbonyl (C=O) groups excluding carboxylic acids is 11. The SMILES string of the molecule is CC(C)(C)OC(=O)CC[C@H](NC(=O)N[C@@H](CCC(=O)NCCCCCCCC(=O)N[C@@H](CCCCNC(=O)OC(C)(C)C)C(=O)N[C@@H](CCCCNC(=O)CCCc1ccc(Br)cc1)C(=O)C(=O)OC(C)(C)C)C(=O)OC(C)(C)C)C(=O)OC(C)(C)C. The summed E-state index contributed by atoms with van der Waals surface area (Å²) in [5.74, 6) is -5.83. The number of hydrogen-bond acceptors (Lipinski definition) is 16. The molecule has 24 heteroatoms. The molecule has 0 fully saturated rings.